The summed E-state index contributed by atoms with van der Waals surface area (Å²) in [5, 5.41) is 12.1. The van der Waals surface area contributed by atoms with Gasteiger partial charge in [0.15, 0.2) is 0 Å². The van der Waals surface area contributed by atoms with Crippen LogP contribution in [0.15, 0.2) is 97.2 Å². The van der Waals surface area contributed by atoms with E-state index >= 15 is 0 Å². The Kier molecular flexibility index (Phi) is 6.87. The second-order valence-corrected chi connectivity index (χ2v) is 8.02. The van der Waals surface area contributed by atoms with E-state index in [2.05, 4.69) is 53.3 Å². The standard InChI is InChI=1S/C28H26N4O/c1-22-9-5-6-13-25(22)20-31-16-8-15-27(31)21-32(19-23-10-3-2-4-11-23)28(33)30-26-14-7-12-24(17-26)18-29/h2-17H,19-21H2,1H3,(H,30,33). The largest absolute Gasteiger partial charge is 0.345 e. The quantitative estimate of drug-likeness (QED) is 0.391. The van der Waals surface area contributed by atoms with E-state index in [4.69, 9.17) is 5.26 Å². The molecule has 0 fully saturated rings. The van der Waals surface area contributed by atoms with Crippen LogP contribution >= 0.6 is 0 Å². The SMILES string of the molecule is Cc1ccccc1Cn1cccc1CN(Cc1ccccc1)C(=O)Nc1cccc(C#N)c1. The minimum atomic E-state index is -0.211. The molecule has 0 saturated heterocycles. The molecule has 0 saturated carbocycles. The fraction of sp³-hybridized carbons (Fsp3) is 0.143. The van der Waals surface area contributed by atoms with Crippen molar-refractivity contribution < 1.29 is 4.79 Å². The van der Waals surface area contributed by atoms with Crippen molar-refractivity contribution in [3.05, 3.63) is 125 Å². The van der Waals surface area contributed by atoms with Crippen molar-refractivity contribution in [1.29, 1.82) is 5.26 Å². The number of nitriles is 1. The highest BCUT2D eigenvalue weighted by molar-refractivity contribution is 5.89. The molecular formula is C28H26N4O. The lowest BCUT2D eigenvalue weighted by atomic mass is 10.1. The van der Waals surface area contributed by atoms with E-state index in [1.54, 1.807) is 29.2 Å². The van der Waals surface area contributed by atoms with Crippen LogP contribution < -0.4 is 5.32 Å². The number of carbonyl (C=O) groups is 1. The molecule has 0 spiro atoms. The molecule has 5 nitrogen and oxygen atoms in total. The van der Waals surface area contributed by atoms with Gasteiger partial charge in [0.05, 0.1) is 18.2 Å². The average Bonchev–Trinajstić information content (AvgIpc) is 3.27. The Morgan fingerprint density at radius 2 is 1.73 bits per heavy atom. The highest BCUT2D eigenvalue weighted by atomic mass is 16.2. The first-order valence-electron chi connectivity index (χ1n) is 10.9. The van der Waals surface area contributed by atoms with Crippen molar-refractivity contribution in [2.75, 3.05) is 5.32 Å². The lowest BCUT2D eigenvalue weighted by Crippen LogP contribution is -2.34. The maximum atomic E-state index is 13.3. The summed E-state index contributed by atoms with van der Waals surface area (Å²) in [6.07, 6.45) is 2.05. The van der Waals surface area contributed by atoms with E-state index in [0.717, 1.165) is 17.8 Å². The molecule has 2 amide bonds. The number of rotatable bonds is 7. The lowest BCUT2D eigenvalue weighted by Gasteiger charge is -2.24. The van der Waals surface area contributed by atoms with Crippen LogP contribution in [0.5, 0.6) is 0 Å². The Labute approximate surface area is 194 Å². The van der Waals surface area contributed by atoms with Crippen molar-refractivity contribution >= 4 is 11.7 Å². The zero-order valence-electron chi connectivity index (χ0n) is 18.6. The summed E-state index contributed by atoms with van der Waals surface area (Å²) in [5.74, 6) is 0. The molecule has 33 heavy (non-hydrogen) atoms. The molecule has 1 aromatic heterocycles. The third-order valence-corrected chi connectivity index (χ3v) is 5.62. The van der Waals surface area contributed by atoms with E-state index < -0.39 is 0 Å². The number of amides is 2. The van der Waals surface area contributed by atoms with Gasteiger partial charge < -0.3 is 14.8 Å². The fourth-order valence-corrected chi connectivity index (χ4v) is 3.79. The summed E-state index contributed by atoms with van der Waals surface area (Å²) >= 11 is 0. The molecule has 5 heteroatoms. The number of nitrogens with one attached hydrogen (secondary N) is 1. The van der Waals surface area contributed by atoms with Gasteiger partial charge in [-0.15, -0.1) is 0 Å². The maximum absolute atomic E-state index is 13.3. The van der Waals surface area contributed by atoms with Gasteiger partial charge in [0.25, 0.3) is 0 Å². The van der Waals surface area contributed by atoms with Gasteiger partial charge >= 0.3 is 6.03 Å². The first kappa shape index (κ1) is 21.9. The van der Waals surface area contributed by atoms with Crippen LogP contribution in [0, 0.1) is 18.3 Å². The van der Waals surface area contributed by atoms with E-state index in [1.807, 2.05) is 42.5 Å². The second-order valence-electron chi connectivity index (χ2n) is 8.02. The lowest BCUT2D eigenvalue weighted by molar-refractivity contribution is 0.205. The summed E-state index contributed by atoms with van der Waals surface area (Å²) in [5.41, 5.74) is 5.71. The van der Waals surface area contributed by atoms with Crippen LogP contribution in [0.4, 0.5) is 10.5 Å². The summed E-state index contributed by atoms with van der Waals surface area (Å²) in [7, 11) is 0. The summed E-state index contributed by atoms with van der Waals surface area (Å²) in [6, 6.07) is 31.2. The highest BCUT2D eigenvalue weighted by Crippen LogP contribution is 2.17. The van der Waals surface area contributed by atoms with Crippen LogP contribution in [-0.4, -0.2) is 15.5 Å². The van der Waals surface area contributed by atoms with Gasteiger partial charge in [0.2, 0.25) is 0 Å². The maximum Gasteiger partial charge on any atom is 0.322 e. The van der Waals surface area contributed by atoms with Crippen molar-refractivity contribution in [3.63, 3.8) is 0 Å². The number of nitrogens with zero attached hydrogens (tertiary/aromatic N) is 3. The molecule has 0 bridgehead atoms. The van der Waals surface area contributed by atoms with E-state index in [1.165, 1.54) is 11.1 Å². The fourth-order valence-electron chi connectivity index (χ4n) is 3.79. The van der Waals surface area contributed by atoms with Crippen LogP contribution in [0.25, 0.3) is 0 Å². The van der Waals surface area contributed by atoms with Gasteiger partial charge in [-0.05, 0) is 53.9 Å². The number of aryl methyl sites for hydroxylation is 1. The van der Waals surface area contributed by atoms with Crippen LogP contribution in [0.3, 0.4) is 0 Å². The van der Waals surface area contributed by atoms with Crippen LogP contribution in [-0.2, 0) is 19.6 Å². The van der Waals surface area contributed by atoms with Gasteiger partial charge in [0, 0.05) is 30.7 Å². The number of urea groups is 1. The van der Waals surface area contributed by atoms with Crippen LogP contribution in [0.1, 0.15) is 27.9 Å². The number of hydrogen-bond donors (Lipinski definition) is 1. The topological polar surface area (TPSA) is 61.1 Å². The molecule has 0 aliphatic heterocycles. The molecule has 0 unspecified atom stereocenters. The third-order valence-electron chi connectivity index (χ3n) is 5.62. The van der Waals surface area contributed by atoms with Crippen LogP contribution in [0.2, 0.25) is 0 Å². The monoisotopic (exact) mass is 434 g/mol. The van der Waals surface area contributed by atoms with Crippen molar-refractivity contribution in [3.8, 4) is 6.07 Å². The number of anilines is 1. The molecule has 4 aromatic rings. The Bertz CT molecular complexity index is 1270. The van der Waals surface area contributed by atoms with Gasteiger partial charge in [-0.2, -0.15) is 5.26 Å². The Hall–Kier alpha value is -4.30. The zero-order chi connectivity index (χ0) is 23.0. The minimum Gasteiger partial charge on any atom is -0.345 e. The zero-order valence-corrected chi connectivity index (χ0v) is 18.6. The summed E-state index contributed by atoms with van der Waals surface area (Å²) in [4.78, 5) is 15.1. The minimum absolute atomic E-state index is 0.211. The summed E-state index contributed by atoms with van der Waals surface area (Å²) < 4.78 is 2.18. The predicted octanol–water partition coefficient (Wildman–Crippen LogP) is 5.95. The molecule has 1 N–H and O–H groups in total. The van der Waals surface area contributed by atoms with Crippen molar-refractivity contribution in [2.24, 2.45) is 0 Å². The Morgan fingerprint density at radius 1 is 0.939 bits per heavy atom. The van der Waals surface area contributed by atoms with Gasteiger partial charge in [-0.1, -0.05) is 60.7 Å². The number of hydrogen-bond acceptors (Lipinski definition) is 2. The Balaban J connectivity index is 1.57. The van der Waals surface area contributed by atoms with E-state index in [9.17, 15) is 4.79 Å². The third kappa shape index (κ3) is 5.69. The van der Waals surface area contributed by atoms with Crippen molar-refractivity contribution in [2.45, 2.75) is 26.6 Å². The first-order valence-corrected chi connectivity index (χ1v) is 10.9. The average molecular weight is 435 g/mol. The Morgan fingerprint density at radius 3 is 2.52 bits per heavy atom. The second kappa shape index (κ2) is 10.3. The van der Waals surface area contributed by atoms with Crippen molar-refractivity contribution in [1.82, 2.24) is 9.47 Å². The van der Waals surface area contributed by atoms with Gasteiger partial charge in [-0.3, -0.25) is 0 Å². The predicted molar refractivity (Wildman–Crippen MR) is 131 cm³/mol. The highest BCUT2D eigenvalue weighted by Gasteiger charge is 2.17. The molecule has 0 atom stereocenters. The van der Waals surface area contributed by atoms with E-state index in [0.29, 0.717) is 24.3 Å². The molecule has 164 valence electrons. The normalized spacial score (nSPS) is 10.4. The molecule has 4 rings (SSSR count). The number of benzene rings is 3. The van der Waals surface area contributed by atoms with E-state index in [-0.39, 0.29) is 6.03 Å². The number of carbonyl (C=O) groups excluding carboxylic acids is 1. The molecule has 1 heterocycles. The summed E-state index contributed by atoms with van der Waals surface area (Å²) in [6.45, 7) is 3.79. The van der Waals surface area contributed by atoms with Gasteiger partial charge in [-0.25, -0.2) is 4.79 Å². The first-order chi connectivity index (χ1) is 16.1. The molecule has 0 aliphatic rings. The molecule has 0 aliphatic carbocycles. The molecular weight excluding hydrogens is 408 g/mol. The smallest absolute Gasteiger partial charge is 0.322 e. The number of aromatic nitrogens is 1. The van der Waals surface area contributed by atoms with Gasteiger partial charge in [0.1, 0.15) is 0 Å². The molecule has 0 radical (unpaired) electrons. The molecule has 3 aromatic carbocycles.